The average Bonchev–Trinajstić information content (AvgIpc) is 2.39. The Morgan fingerprint density at radius 3 is 2.69 bits per heavy atom. The molecule has 1 unspecified atom stereocenters. The van der Waals surface area contributed by atoms with Crippen molar-refractivity contribution in [3.63, 3.8) is 0 Å². The molecule has 1 saturated heterocycles. The quantitative estimate of drug-likeness (QED) is 0.775. The summed E-state index contributed by atoms with van der Waals surface area (Å²) in [6, 6.07) is 5.84. The Kier molecular flexibility index (Phi) is 3.64. The number of hydrogen-bond acceptors (Lipinski definition) is 3. The van der Waals surface area contributed by atoms with Gasteiger partial charge in [0.25, 0.3) is 0 Å². The molecule has 0 saturated carbocycles. The minimum absolute atomic E-state index is 0.0496. The molecule has 4 heteroatoms. The lowest BCUT2D eigenvalue weighted by atomic mass is 10.1. The topological polar surface area (TPSA) is 41.8 Å². The highest BCUT2D eigenvalue weighted by Crippen LogP contribution is 2.31. The lowest BCUT2D eigenvalue weighted by Crippen LogP contribution is -2.28. The molecule has 0 spiro atoms. The van der Waals surface area contributed by atoms with Gasteiger partial charge < -0.3 is 14.2 Å². The molecule has 1 atom stereocenters. The highest BCUT2D eigenvalue weighted by atomic mass is 16.5. The molecule has 1 aromatic rings. The van der Waals surface area contributed by atoms with E-state index < -0.39 is 0 Å². The number of ether oxygens (including phenoxy) is 3. The van der Waals surface area contributed by atoms with Crippen LogP contribution in [0.5, 0.6) is 11.5 Å². The minimum Gasteiger partial charge on any atom is -0.493 e. The van der Waals surface area contributed by atoms with Crippen molar-refractivity contribution in [3.8, 4) is 11.5 Å². The molecule has 2 rings (SSSR count). The van der Waals surface area contributed by atoms with E-state index in [2.05, 4.69) is 5.32 Å². The number of methoxy groups -OCH3 is 2. The number of nitrogens with zero attached hydrogens (tertiary/aromatic N) is 1. The Balaban J connectivity index is 2.20. The van der Waals surface area contributed by atoms with E-state index in [0.717, 1.165) is 30.2 Å². The zero-order valence-electron chi connectivity index (χ0n) is 9.60. The first kappa shape index (κ1) is 11.2. The Morgan fingerprint density at radius 1 is 1.25 bits per heavy atom. The Morgan fingerprint density at radius 2 is 2.06 bits per heavy atom. The van der Waals surface area contributed by atoms with Crippen molar-refractivity contribution in [1.82, 2.24) is 5.32 Å². The number of morpholine rings is 1. The van der Waals surface area contributed by atoms with E-state index in [0.29, 0.717) is 6.61 Å². The molecule has 4 nitrogen and oxygen atoms in total. The molecule has 0 bridgehead atoms. The van der Waals surface area contributed by atoms with Crippen molar-refractivity contribution in [3.05, 3.63) is 23.8 Å². The van der Waals surface area contributed by atoms with E-state index in [1.165, 1.54) is 0 Å². The van der Waals surface area contributed by atoms with Gasteiger partial charge in [0.05, 0.1) is 26.9 Å². The predicted octanol–water partition coefficient (Wildman–Crippen LogP) is 1.38. The zero-order valence-corrected chi connectivity index (χ0v) is 9.60. The molecule has 1 heterocycles. The summed E-state index contributed by atoms with van der Waals surface area (Å²) in [4.78, 5) is 0. The van der Waals surface area contributed by atoms with Crippen LogP contribution in [0.15, 0.2) is 18.2 Å². The molecule has 0 N–H and O–H groups in total. The van der Waals surface area contributed by atoms with E-state index in [1.807, 2.05) is 18.2 Å². The first-order valence-electron chi connectivity index (χ1n) is 5.32. The second-order valence-corrected chi connectivity index (χ2v) is 3.60. The van der Waals surface area contributed by atoms with E-state index >= 15 is 0 Å². The third-order valence-corrected chi connectivity index (χ3v) is 2.64. The molecule has 16 heavy (non-hydrogen) atoms. The van der Waals surface area contributed by atoms with Crippen LogP contribution in [0.3, 0.4) is 0 Å². The van der Waals surface area contributed by atoms with E-state index in [4.69, 9.17) is 14.2 Å². The Hall–Kier alpha value is -1.26. The van der Waals surface area contributed by atoms with Gasteiger partial charge in [-0.05, 0) is 17.7 Å². The molecule has 1 aliphatic rings. The Bertz CT molecular complexity index is 348. The van der Waals surface area contributed by atoms with Gasteiger partial charge in [0.2, 0.25) is 0 Å². The molecular weight excluding hydrogens is 206 g/mol. The number of hydrogen-bond donors (Lipinski definition) is 0. The molecule has 1 aliphatic heterocycles. The van der Waals surface area contributed by atoms with Crippen molar-refractivity contribution in [2.45, 2.75) is 6.10 Å². The van der Waals surface area contributed by atoms with E-state index in [1.54, 1.807) is 14.2 Å². The smallest absolute Gasteiger partial charge is 0.161 e. The highest BCUT2D eigenvalue weighted by molar-refractivity contribution is 5.43. The fourth-order valence-electron chi connectivity index (χ4n) is 1.78. The normalized spacial score (nSPS) is 20.5. The van der Waals surface area contributed by atoms with Crippen molar-refractivity contribution in [2.24, 2.45) is 0 Å². The lowest BCUT2D eigenvalue weighted by Gasteiger charge is -2.23. The molecule has 0 amide bonds. The summed E-state index contributed by atoms with van der Waals surface area (Å²) in [5.41, 5.74) is 1.08. The van der Waals surface area contributed by atoms with Gasteiger partial charge in [0.15, 0.2) is 11.5 Å². The summed E-state index contributed by atoms with van der Waals surface area (Å²) in [6.45, 7) is 2.21. The average molecular weight is 222 g/mol. The van der Waals surface area contributed by atoms with E-state index in [9.17, 15) is 0 Å². The SMILES string of the molecule is COc1ccc(C2C[N]CCO2)cc1OC. The maximum absolute atomic E-state index is 5.65. The third-order valence-electron chi connectivity index (χ3n) is 2.64. The van der Waals surface area contributed by atoms with Crippen LogP contribution < -0.4 is 14.8 Å². The van der Waals surface area contributed by atoms with Crippen LogP contribution in [-0.4, -0.2) is 33.9 Å². The summed E-state index contributed by atoms with van der Waals surface area (Å²) < 4.78 is 16.1. The standard InChI is InChI=1S/C12H16NO3/c1-14-10-4-3-9(7-11(10)15-2)12-8-13-5-6-16-12/h3-4,7,12H,5-6,8H2,1-2H3. The van der Waals surface area contributed by atoms with Crippen LogP contribution in [0.4, 0.5) is 0 Å². The van der Waals surface area contributed by atoms with Gasteiger partial charge in [-0.3, -0.25) is 0 Å². The Labute approximate surface area is 95.5 Å². The van der Waals surface area contributed by atoms with Crippen LogP contribution in [0.25, 0.3) is 0 Å². The molecular formula is C12H16NO3. The van der Waals surface area contributed by atoms with Crippen LogP contribution in [0.2, 0.25) is 0 Å². The highest BCUT2D eigenvalue weighted by Gasteiger charge is 2.18. The van der Waals surface area contributed by atoms with E-state index in [-0.39, 0.29) is 6.10 Å². The fourth-order valence-corrected chi connectivity index (χ4v) is 1.78. The number of rotatable bonds is 3. The molecule has 87 valence electrons. The largest absolute Gasteiger partial charge is 0.493 e. The zero-order chi connectivity index (χ0) is 11.4. The molecule has 0 aromatic heterocycles. The van der Waals surface area contributed by atoms with Crippen LogP contribution in [-0.2, 0) is 4.74 Å². The lowest BCUT2D eigenvalue weighted by molar-refractivity contribution is 0.0259. The van der Waals surface area contributed by atoms with Gasteiger partial charge in [0.1, 0.15) is 0 Å². The first-order valence-corrected chi connectivity index (χ1v) is 5.32. The summed E-state index contributed by atoms with van der Waals surface area (Å²) in [7, 11) is 3.26. The summed E-state index contributed by atoms with van der Waals surface area (Å²) in [6.07, 6.45) is 0.0496. The second kappa shape index (κ2) is 5.18. The third kappa shape index (κ3) is 2.28. The monoisotopic (exact) mass is 222 g/mol. The summed E-state index contributed by atoms with van der Waals surface area (Å²) >= 11 is 0. The van der Waals surface area contributed by atoms with Crippen molar-refractivity contribution in [2.75, 3.05) is 33.9 Å². The maximum atomic E-state index is 5.65. The fraction of sp³-hybridized carbons (Fsp3) is 0.500. The predicted molar refractivity (Wildman–Crippen MR) is 60.1 cm³/mol. The molecule has 0 aliphatic carbocycles. The minimum atomic E-state index is 0.0496. The van der Waals surface area contributed by atoms with Crippen LogP contribution in [0.1, 0.15) is 11.7 Å². The second-order valence-electron chi connectivity index (χ2n) is 3.60. The molecule has 1 aromatic carbocycles. The van der Waals surface area contributed by atoms with Gasteiger partial charge in [-0.2, -0.15) is 0 Å². The van der Waals surface area contributed by atoms with Crippen molar-refractivity contribution in [1.29, 1.82) is 0 Å². The van der Waals surface area contributed by atoms with Crippen molar-refractivity contribution >= 4 is 0 Å². The first-order chi connectivity index (χ1) is 7.85. The molecule has 1 fully saturated rings. The van der Waals surface area contributed by atoms with Gasteiger partial charge in [0, 0.05) is 13.1 Å². The van der Waals surface area contributed by atoms with Crippen molar-refractivity contribution < 1.29 is 14.2 Å². The number of benzene rings is 1. The molecule has 1 radical (unpaired) electrons. The van der Waals surface area contributed by atoms with Gasteiger partial charge in [-0.1, -0.05) is 6.07 Å². The maximum Gasteiger partial charge on any atom is 0.161 e. The van der Waals surface area contributed by atoms with Gasteiger partial charge >= 0.3 is 0 Å². The van der Waals surface area contributed by atoms with Gasteiger partial charge in [-0.25, -0.2) is 5.32 Å². The van der Waals surface area contributed by atoms with Crippen LogP contribution in [0, 0.1) is 0 Å². The van der Waals surface area contributed by atoms with Crippen LogP contribution >= 0.6 is 0 Å². The summed E-state index contributed by atoms with van der Waals surface area (Å²) in [5.74, 6) is 1.47. The van der Waals surface area contributed by atoms with Gasteiger partial charge in [-0.15, -0.1) is 0 Å². The summed E-state index contributed by atoms with van der Waals surface area (Å²) in [5, 5.41) is 4.34.